The van der Waals surface area contributed by atoms with Gasteiger partial charge >= 0.3 is 11.9 Å². The van der Waals surface area contributed by atoms with Crippen molar-refractivity contribution >= 4 is 33.9 Å². The van der Waals surface area contributed by atoms with E-state index in [1.807, 2.05) is 24.3 Å². The largest absolute Gasteiger partial charge is 0.494 e. The molecule has 0 aliphatic heterocycles. The molecule has 0 aliphatic carbocycles. The van der Waals surface area contributed by atoms with Crippen LogP contribution in [0.1, 0.15) is 38.2 Å². The van der Waals surface area contributed by atoms with Crippen molar-refractivity contribution in [3.63, 3.8) is 0 Å². The molecule has 0 aromatic heterocycles. The predicted octanol–water partition coefficient (Wildman–Crippen LogP) is 6.13. The number of carbonyl (C=O) groups excluding carboxylic acids is 2. The van der Waals surface area contributed by atoms with E-state index in [4.69, 9.17) is 14.2 Å². The van der Waals surface area contributed by atoms with Crippen LogP contribution in [0, 0.1) is 0 Å². The number of rotatable bonds is 12. The van der Waals surface area contributed by atoms with Gasteiger partial charge in [0, 0.05) is 16.1 Å². The average Bonchev–Trinajstić information content (AvgIpc) is 2.76. The quantitative estimate of drug-likeness (QED) is 0.156. The van der Waals surface area contributed by atoms with E-state index in [-0.39, 0.29) is 5.97 Å². The molecular formula is C25H27BrO5. The maximum Gasteiger partial charge on any atom is 0.336 e. The molecule has 2 aromatic carbocycles. The van der Waals surface area contributed by atoms with E-state index in [1.54, 1.807) is 37.3 Å². The van der Waals surface area contributed by atoms with Crippen molar-refractivity contribution in [1.29, 1.82) is 0 Å². The van der Waals surface area contributed by atoms with Gasteiger partial charge in [-0.2, -0.15) is 0 Å². The Hall–Kier alpha value is -2.86. The highest BCUT2D eigenvalue weighted by Crippen LogP contribution is 2.18. The Morgan fingerprint density at radius 2 is 1.52 bits per heavy atom. The Bertz CT molecular complexity index is 885. The summed E-state index contributed by atoms with van der Waals surface area (Å²) >= 11 is 3.37. The minimum Gasteiger partial charge on any atom is -0.494 e. The van der Waals surface area contributed by atoms with Gasteiger partial charge in [0.25, 0.3) is 0 Å². The SMILES string of the molecule is C=C(C)C(=O)OCCCCCCOc1ccc(OC(=O)/C=C/c2ccc(Br)cc2)cc1. The first kappa shape index (κ1) is 24.4. The van der Waals surface area contributed by atoms with Gasteiger partial charge in [-0.05, 0) is 80.6 Å². The van der Waals surface area contributed by atoms with E-state index in [1.165, 1.54) is 6.08 Å². The number of hydrogen-bond acceptors (Lipinski definition) is 5. The maximum absolute atomic E-state index is 11.9. The second kappa shape index (κ2) is 13.4. The van der Waals surface area contributed by atoms with Crippen molar-refractivity contribution in [1.82, 2.24) is 0 Å². The van der Waals surface area contributed by atoms with Crippen LogP contribution in [0.2, 0.25) is 0 Å². The molecule has 0 amide bonds. The molecule has 0 aliphatic rings. The molecule has 0 fully saturated rings. The van der Waals surface area contributed by atoms with E-state index in [2.05, 4.69) is 22.5 Å². The summed E-state index contributed by atoms with van der Waals surface area (Å²) in [4.78, 5) is 23.2. The van der Waals surface area contributed by atoms with E-state index in [9.17, 15) is 9.59 Å². The molecule has 0 spiro atoms. The highest BCUT2D eigenvalue weighted by molar-refractivity contribution is 9.10. The van der Waals surface area contributed by atoms with Crippen molar-refractivity contribution < 1.29 is 23.8 Å². The second-order valence-corrected chi connectivity index (χ2v) is 7.87. The number of esters is 2. The van der Waals surface area contributed by atoms with Crippen molar-refractivity contribution in [3.8, 4) is 11.5 Å². The summed E-state index contributed by atoms with van der Waals surface area (Å²) in [6, 6.07) is 14.6. The monoisotopic (exact) mass is 486 g/mol. The lowest BCUT2D eigenvalue weighted by Crippen LogP contribution is -2.06. The highest BCUT2D eigenvalue weighted by Gasteiger charge is 2.03. The van der Waals surface area contributed by atoms with Crippen LogP contribution in [0.25, 0.3) is 6.08 Å². The first-order valence-corrected chi connectivity index (χ1v) is 10.9. The fourth-order valence-electron chi connectivity index (χ4n) is 2.53. The fraction of sp³-hybridized carbons (Fsp3) is 0.280. The number of unbranched alkanes of at least 4 members (excludes halogenated alkanes) is 3. The molecule has 0 N–H and O–H groups in total. The van der Waals surface area contributed by atoms with Crippen LogP contribution in [0.4, 0.5) is 0 Å². The van der Waals surface area contributed by atoms with Crippen LogP contribution >= 0.6 is 15.9 Å². The first-order chi connectivity index (χ1) is 14.9. The summed E-state index contributed by atoms with van der Waals surface area (Å²) in [5.74, 6) is 0.409. The smallest absolute Gasteiger partial charge is 0.336 e. The molecular weight excluding hydrogens is 460 g/mol. The molecule has 6 heteroatoms. The molecule has 31 heavy (non-hydrogen) atoms. The molecule has 2 aromatic rings. The molecule has 0 radical (unpaired) electrons. The zero-order valence-corrected chi connectivity index (χ0v) is 19.2. The molecule has 0 unspecified atom stereocenters. The molecule has 0 saturated carbocycles. The zero-order chi connectivity index (χ0) is 22.5. The molecule has 0 bridgehead atoms. The Morgan fingerprint density at radius 1 is 0.903 bits per heavy atom. The minimum atomic E-state index is -0.439. The maximum atomic E-state index is 11.9. The highest BCUT2D eigenvalue weighted by atomic mass is 79.9. The average molecular weight is 487 g/mol. The van der Waals surface area contributed by atoms with Crippen molar-refractivity contribution in [3.05, 3.63) is 76.8 Å². The number of hydrogen-bond donors (Lipinski definition) is 0. The molecule has 164 valence electrons. The molecule has 0 saturated heterocycles. The van der Waals surface area contributed by atoms with Gasteiger partial charge in [-0.15, -0.1) is 0 Å². The first-order valence-electron chi connectivity index (χ1n) is 10.1. The van der Waals surface area contributed by atoms with Crippen LogP contribution in [0.5, 0.6) is 11.5 Å². The minimum absolute atomic E-state index is 0.335. The Kier molecular flexibility index (Phi) is 10.6. The Labute approximate surface area is 191 Å². The van der Waals surface area contributed by atoms with E-state index >= 15 is 0 Å². The van der Waals surface area contributed by atoms with Gasteiger partial charge in [-0.25, -0.2) is 9.59 Å². The van der Waals surface area contributed by atoms with E-state index in [0.29, 0.717) is 24.5 Å². The number of carbonyl (C=O) groups is 2. The summed E-state index contributed by atoms with van der Waals surface area (Å²) < 4.78 is 17.0. The lowest BCUT2D eigenvalue weighted by Gasteiger charge is -2.07. The topological polar surface area (TPSA) is 61.8 Å². The summed E-state index contributed by atoms with van der Waals surface area (Å²) in [7, 11) is 0. The third-order valence-corrected chi connectivity index (χ3v) is 4.74. The van der Waals surface area contributed by atoms with Gasteiger partial charge in [0.05, 0.1) is 13.2 Å². The van der Waals surface area contributed by atoms with Crippen LogP contribution in [-0.4, -0.2) is 25.2 Å². The summed E-state index contributed by atoms with van der Waals surface area (Å²) in [6.45, 7) is 6.20. The standard InChI is InChI=1S/C25H27BrO5/c1-19(2)25(28)30-18-6-4-3-5-17-29-22-12-14-23(15-13-22)31-24(27)16-9-20-7-10-21(26)11-8-20/h7-16H,1,3-6,17-18H2,2H3/b16-9+. The van der Waals surface area contributed by atoms with E-state index < -0.39 is 5.97 Å². The predicted molar refractivity (Wildman–Crippen MR) is 125 cm³/mol. The fourth-order valence-corrected chi connectivity index (χ4v) is 2.79. The Balaban J connectivity index is 1.61. The van der Waals surface area contributed by atoms with Crippen molar-refractivity contribution in [2.24, 2.45) is 0 Å². The molecule has 2 rings (SSSR count). The van der Waals surface area contributed by atoms with Crippen LogP contribution in [0.3, 0.4) is 0 Å². The van der Waals surface area contributed by atoms with Crippen LogP contribution < -0.4 is 9.47 Å². The van der Waals surface area contributed by atoms with Crippen molar-refractivity contribution in [2.75, 3.05) is 13.2 Å². The third-order valence-electron chi connectivity index (χ3n) is 4.21. The Morgan fingerprint density at radius 3 is 2.16 bits per heavy atom. The van der Waals surface area contributed by atoms with Gasteiger partial charge in [-0.3, -0.25) is 0 Å². The number of halogens is 1. The molecule has 5 nitrogen and oxygen atoms in total. The number of ether oxygens (including phenoxy) is 3. The third kappa shape index (κ3) is 10.1. The van der Waals surface area contributed by atoms with Gasteiger partial charge in [0.2, 0.25) is 0 Å². The number of benzene rings is 2. The van der Waals surface area contributed by atoms with Gasteiger partial charge in [-0.1, -0.05) is 34.6 Å². The molecule has 0 heterocycles. The summed E-state index contributed by atoms with van der Waals surface area (Å²) in [5.41, 5.74) is 1.34. The second-order valence-electron chi connectivity index (χ2n) is 6.96. The zero-order valence-electron chi connectivity index (χ0n) is 17.6. The lowest BCUT2D eigenvalue weighted by molar-refractivity contribution is -0.139. The molecule has 0 atom stereocenters. The normalized spacial score (nSPS) is 10.6. The summed E-state index contributed by atoms with van der Waals surface area (Å²) in [5, 5.41) is 0. The van der Waals surface area contributed by atoms with E-state index in [0.717, 1.165) is 41.5 Å². The summed E-state index contributed by atoms with van der Waals surface area (Å²) in [6.07, 6.45) is 6.80. The van der Waals surface area contributed by atoms with Crippen LogP contribution in [0.15, 0.2) is 71.2 Å². The van der Waals surface area contributed by atoms with Gasteiger partial charge < -0.3 is 14.2 Å². The van der Waals surface area contributed by atoms with Crippen molar-refractivity contribution in [2.45, 2.75) is 32.6 Å². The van der Waals surface area contributed by atoms with Crippen LogP contribution in [-0.2, 0) is 14.3 Å². The van der Waals surface area contributed by atoms with Gasteiger partial charge in [0.15, 0.2) is 0 Å². The van der Waals surface area contributed by atoms with Gasteiger partial charge in [0.1, 0.15) is 11.5 Å². The lowest BCUT2D eigenvalue weighted by atomic mass is 10.2.